The Kier molecular flexibility index (Phi) is 8.34. The first-order valence-corrected chi connectivity index (χ1v) is 13.9. The number of benzene rings is 2. The smallest absolute Gasteiger partial charge is 0.274 e. The molecule has 0 saturated carbocycles. The van der Waals surface area contributed by atoms with E-state index in [9.17, 15) is 9.59 Å². The first-order valence-electron chi connectivity index (χ1n) is 11.6. The van der Waals surface area contributed by atoms with Crippen LogP contribution >= 0.6 is 69.6 Å². The minimum Gasteiger partial charge on any atom is -0.355 e. The molecule has 0 fully saturated rings. The van der Waals surface area contributed by atoms with Crippen molar-refractivity contribution in [3.8, 4) is 5.82 Å². The zero-order chi connectivity index (χ0) is 29.6. The monoisotopic (exact) mass is 670 g/mol. The van der Waals surface area contributed by atoms with E-state index < -0.39 is 11.8 Å². The number of nitrogens with one attached hydrogen (secondary N) is 2. The minimum atomic E-state index is -0.597. The van der Waals surface area contributed by atoms with Gasteiger partial charge in [-0.15, -0.1) is 5.10 Å². The van der Waals surface area contributed by atoms with Crippen LogP contribution in [-0.4, -0.2) is 48.6 Å². The Bertz CT molecular complexity index is 1870. The molecule has 0 aliphatic rings. The zero-order valence-electron chi connectivity index (χ0n) is 20.9. The molecule has 0 spiro atoms. The van der Waals surface area contributed by atoms with Gasteiger partial charge in [-0.3, -0.25) is 9.59 Å². The summed E-state index contributed by atoms with van der Waals surface area (Å²) < 4.78 is 2.71. The maximum Gasteiger partial charge on any atom is 0.274 e. The van der Waals surface area contributed by atoms with Crippen LogP contribution in [0.3, 0.4) is 0 Å². The number of aryl methyl sites for hydroxylation is 1. The third-order valence-corrected chi connectivity index (χ3v) is 8.28. The van der Waals surface area contributed by atoms with Crippen molar-refractivity contribution in [2.24, 2.45) is 0 Å². The second-order valence-corrected chi connectivity index (χ2v) is 11.0. The second kappa shape index (κ2) is 11.6. The topological polar surface area (TPSA) is 120 Å². The Balaban J connectivity index is 1.61. The van der Waals surface area contributed by atoms with Gasteiger partial charge in [-0.25, -0.2) is 14.3 Å². The van der Waals surface area contributed by atoms with Gasteiger partial charge in [0, 0.05) is 18.3 Å². The Hall–Kier alpha value is -3.12. The molecule has 3 aromatic heterocycles. The van der Waals surface area contributed by atoms with Crippen LogP contribution in [0.2, 0.25) is 30.1 Å². The van der Waals surface area contributed by atoms with Crippen molar-refractivity contribution >= 4 is 98.1 Å². The Labute approximate surface area is 262 Å². The van der Waals surface area contributed by atoms with Gasteiger partial charge in [-0.1, -0.05) is 74.8 Å². The molecule has 0 aliphatic carbocycles. The van der Waals surface area contributed by atoms with Crippen LogP contribution in [0.5, 0.6) is 0 Å². The van der Waals surface area contributed by atoms with E-state index >= 15 is 0 Å². The van der Waals surface area contributed by atoms with Gasteiger partial charge in [0.05, 0.1) is 48.6 Å². The van der Waals surface area contributed by atoms with Crippen molar-refractivity contribution in [2.75, 3.05) is 12.4 Å². The number of aromatic nitrogens is 6. The standard InChI is InChI=1S/C25H16Cl6N8O2/c1-10-6-11(26)7-13(24(40)32-2)20(10)34-25(41)15-8-12(36-39(15)23-14(27)4-3-5-33-23)9-38-22-19(31)17(29)16(28)18(30)21(22)35-37-38/h3-8H,9H2,1-2H3,(H,32,40)(H,34,41). The molecule has 3 heterocycles. The molecule has 5 aromatic rings. The fourth-order valence-electron chi connectivity index (χ4n) is 4.11. The van der Waals surface area contributed by atoms with Crippen molar-refractivity contribution in [2.45, 2.75) is 13.5 Å². The lowest BCUT2D eigenvalue weighted by atomic mass is 10.1. The van der Waals surface area contributed by atoms with E-state index in [4.69, 9.17) is 69.6 Å². The summed E-state index contributed by atoms with van der Waals surface area (Å²) in [7, 11) is 1.48. The van der Waals surface area contributed by atoms with Gasteiger partial charge in [-0.2, -0.15) is 5.10 Å². The molecule has 0 bridgehead atoms. The highest BCUT2D eigenvalue weighted by Crippen LogP contribution is 2.42. The van der Waals surface area contributed by atoms with Gasteiger partial charge >= 0.3 is 0 Å². The van der Waals surface area contributed by atoms with Crippen LogP contribution < -0.4 is 10.6 Å². The molecule has 0 unspecified atom stereocenters. The number of carbonyl (C=O) groups excluding carboxylic acids is 2. The highest BCUT2D eigenvalue weighted by Gasteiger charge is 2.25. The summed E-state index contributed by atoms with van der Waals surface area (Å²) in [5.74, 6) is -0.829. The van der Waals surface area contributed by atoms with Crippen molar-refractivity contribution in [3.63, 3.8) is 0 Å². The van der Waals surface area contributed by atoms with Gasteiger partial charge in [0.25, 0.3) is 11.8 Å². The molecule has 41 heavy (non-hydrogen) atoms. The molecule has 210 valence electrons. The number of anilines is 1. The number of fused-ring (bicyclic) bond motifs is 1. The molecule has 10 nitrogen and oxygen atoms in total. The van der Waals surface area contributed by atoms with E-state index in [1.807, 2.05) is 0 Å². The number of rotatable bonds is 6. The van der Waals surface area contributed by atoms with E-state index in [2.05, 4.69) is 31.0 Å². The molecular formula is C25H16Cl6N8O2. The van der Waals surface area contributed by atoms with Crippen LogP contribution in [-0.2, 0) is 6.54 Å². The lowest BCUT2D eigenvalue weighted by molar-refractivity contribution is 0.0964. The first kappa shape index (κ1) is 29.4. The zero-order valence-corrected chi connectivity index (χ0v) is 25.5. The molecular weight excluding hydrogens is 657 g/mol. The number of halogens is 6. The van der Waals surface area contributed by atoms with Gasteiger partial charge in [0.2, 0.25) is 0 Å². The van der Waals surface area contributed by atoms with Crippen LogP contribution in [0.4, 0.5) is 5.69 Å². The third-order valence-electron chi connectivity index (χ3n) is 5.98. The van der Waals surface area contributed by atoms with Crippen LogP contribution in [0.15, 0.2) is 36.5 Å². The molecule has 2 aromatic carbocycles. The maximum absolute atomic E-state index is 13.7. The fourth-order valence-corrected chi connectivity index (χ4v) is 5.55. The lowest BCUT2D eigenvalue weighted by Gasteiger charge is -2.14. The Morgan fingerprint density at radius 1 is 0.951 bits per heavy atom. The molecule has 0 saturated heterocycles. The van der Waals surface area contributed by atoms with E-state index in [-0.39, 0.29) is 59.9 Å². The van der Waals surface area contributed by atoms with E-state index in [1.165, 1.54) is 34.7 Å². The molecule has 5 rings (SSSR count). The third kappa shape index (κ3) is 5.43. The molecule has 2 amide bonds. The summed E-state index contributed by atoms with van der Waals surface area (Å²) in [6.45, 7) is 1.72. The van der Waals surface area contributed by atoms with Crippen molar-refractivity contribution in [3.05, 3.63) is 89.2 Å². The quantitative estimate of drug-likeness (QED) is 0.150. The lowest BCUT2D eigenvalue weighted by Crippen LogP contribution is -2.23. The second-order valence-electron chi connectivity index (χ2n) is 8.62. The van der Waals surface area contributed by atoms with Crippen molar-refractivity contribution in [1.29, 1.82) is 0 Å². The Morgan fingerprint density at radius 2 is 1.68 bits per heavy atom. The highest BCUT2D eigenvalue weighted by molar-refractivity contribution is 6.55. The summed E-state index contributed by atoms with van der Waals surface area (Å²) in [5, 5.41) is 19.0. The number of hydrogen-bond acceptors (Lipinski definition) is 6. The van der Waals surface area contributed by atoms with Gasteiger partial charge < -0.3 is 10.6 Å². The van der Waals surface area contributed by atoms with Gasteiger partial charge in [0.15, 0.2) is 5.82 Å². The first-order chi connectivity index (χ1) is 19.5. The minimum absolute atomic E-state index is 0.00566. The molecule has 0 atom stereocenters. The average Bonchev–Trinajstić information content (AvgIpc) is 3.56. The number of hydrogen-bond donors (Lipinski definition) is 2. The summed E-state index contributed by atoms with van der Waals surface area (Å²) in [4.78, 5) is 30.6. The average molecular weight is 673 g/mol. The summed E-state index contributed by atoms with van der Waals surface area (Å²) >= 11 is 37.8. The molecule has 16 heteroatoms. The van der Waals surface area contributed by atoms with Crippen molar-refractivity contribution < 1.29 is 9.59 Å². The fraction of sp³-hybridized carbons (Fsp3) is 0.120. The van der Waals surface area contributed by atoms with Crippen LogP contribution in [0, 0.1) is 6.92 Å². The molecule has 0 radical (unpaired) electrons. The number of amides is 2. The van der Waals surface area contributed by atoms with Crippen LogP contribution in [0.25, 0.3) is 16.9 Å². The maximum atomic E-state index is 13.7. The SMILES string of the molecule is CNC(=O)c1cc(Cl)cc(C)c1NC(=O)c1cc(Cn2nnc3c(Cl)c(Cl)c(Cl)c(Cl)c32)nn1-c1ncccc1Cl. The molecule has 0 aliphatic heterocycles. The van der Waals surface area contributed by atoms with Crippen LogP contribution in [0.1, 0.15) is 32.1 Å². The predicted molar refractivity (Wildman–Crippen MR) is 161 cm³/mol. The molecule has 2 N–H and O–H groups in total. The summed E-state index contributed by atoms with van der Waals surface area (Å²) in [5.41, 5.74) is 2.03. The summed E-state index contributed by atoms with van der Waals surface area (Å²) in [6.07, 6.45) is 1.51. The largest absolute Gasteiger partial charge is 0.355 e. The van der Waals surface area contributed by atoms with Gasteiger partial charge in [-0.05, 0) is 42.8 Å². The highest BCUT2D eigenvalue weighted by atomic mass is 35.5. The van der Waals surface area contributed by atoms with Crippen molar-refractivity contribution in [1.82, 2.24) is 35.1 Å². The van der Waals surface area contributed by atoms with E-state index in [1.54, 1.807) is 25.1 Å². The normalized spacial score (nSPS) is 11.2. The number of carbonyl (C=O) groups is 2. The summed E-state index contributed by atoms with van der Waals surface area (Å²) in [6, 6.07) is 7.86. The van der Waals surface area contributed by atoms with Gasteiger partial charge in [0.1, 0.15) is 16.7 Å². The Morgan fingerprint density at radius 3 is 2.39 bits per heavy atom. The predicted octanol–water partition coefficient (Wildman–Crippen LogP) is 6.90. The number of nitrogens with zero attached hydrogens (tertiary/aromatic N) is 6. The number of pyridine rings is 1. The van der Waals surface area contributed by atoms with E-state index in [0.717, 1.165) is 0 Å². The van der Waals surface area contributed by atoms with E-state index in [0.29, 0.717) is 21.8 Å².